The van der Waals surface area contributed by atoms with Crippen LogP contribution < -0.4 is 5.32 Å². The topological polar surface area (TPSA) is 47.6 Å². The summed E-state index contributed by atoms with van der Waals surface area (Å²) in [6.07, 6.45) is 4.26. The molecule has 1 saturated heterocycles. The Hall–Kier alpha value is -0.260. The maximum atomic E-state index is 12.1. The molecule has 1 N–H and O–H groups in total. The SMILES string of the molecule is CCOC(=O)C(C)(CCCSC1COC1)NC1CC1. The van der Waals surface area contributed by atoms with Crippen LogP contribution in [0, 0.1) is 0 Å². The second-order valence-corrected chi connectivity index (χ2v) is 7.01. The summed E-state index contributed by atoms with van der Waals surface area (Å²) < 4.78 is 10.4. The van der Waals surface area contributed by atoms with Gasteiger partial charge in [0.05, 0.1) is 25.1 Å². The van der Waals surface area contributed by atoms with Crippen LogP contribution in [0.5, 0.6) is 0 Å². The Balaban J connectivity index is 1.73. The summed E-state index contributed by atoms with van der Waals surface area (Å²) in [6.45, 7) is 6.08. The first-order chi connectivity index (χ1) is 9.14. The van der Waals surface area contributed by atoms with Crippen LogP contribution in [-0.2, 0) is 14.3 Å². The zero-order valence-electron chi connectivity index (χ0n) is 11.9. The van der Waals surface area contributed by atoms with Crippen LogP contribution in [0.25, 0.3) is 0 Å². The van der Waals surface area contributed by atoms with E-state index in [1.54, 1.807) is 0 Å². The molecule has 0 aromatic rings. The van der Waals surface area contributed by atoms with E-state index in [0.717, 1.165) is 31.8 Å². The summed E-state index contributed by atoms with van der Waals surface area (Å²) in [7, 11) is 0. The highest BCUT2D eigenvalue weighted by Gasteiger charge is 2.39. The molecule has 0 bridgehead atoms. The van der Waals surface area contributed by atoms with E-state index in [9.17, 15) is 4.79 Å². The minimum atomic E-state index is -0.506. The standard InChI is InChI=1S/C14H25NO3S/c1-3-18-13(16)14(2,15-11-5-6-11)7-4-8-19-12-9-17-10-12/h11-12,15H,3-10H2,1-2H3. The predicted octanol–water partition coefficient (Wildman–Crippen LogP) is 1.97. The number of hydrogen-bond donors (Lipinski definition) is 1. The first-order valence-electron chi connectivity index (χ1n) is 7.28. The zero-order chi connectivity index (χ0) is 13.7. The molecule has 1 aliphatic heterocycles. The Morgan fingerprint density at radius 3 is 2.74 bits per heavy atom. The normalized spacial score (nSPS) is 22.6. The monoisotopic (exact) mass is 287 g/mol. The highest BCUT2D eigenvalue weighted by molar-refractivity contribution is 8.00. The number of rotatable bonds is 9. The van der Waals surface area contributed by atoms with Gasteiger partial charge in [-0.3, -0.25) is 10.1 Å². The number of carbonyl (C=O) groups excluding carboxylic acids is 1. The van der Waals surface area contributed by atoms with E-state index in [4.69, 9.17) is 9.47 Å². The molecule has 1 aliphatic carbocycles. The molecule has 0 amide bonds. The van der Waals surface area contributed by atoms with Crippen LogP contribution in [0.1, 0.15) is 39.5 Å². The number of ether oxygens (including phenoxy) is 2. The summed E-state index contributed by atoms with van der Waals surface area (Å²) >= 11 is 1.96. The molecule has 1 saturated carbocycles. The van der Waals surface area contributed by atoms with Crippen LogP contribution in [0.3, 0.4) is 0 Å². The van der Waals surface area contributed by atoms with Gasteiger partial charge in [0.1, 0.15) is 5.54 Å². The fourth-order valence-corrected chi connectivity index (χ4v) is 3.22. The van der Waals surface area contributed by atoms with Gasteiger partial charge in [-0.2, -0.15) is 11.8 Å². The fraction of sp³-hybridized carbons (Fsp3) is 0.929. The molecule has 4 nitrogen and oxygen atoms in total. The third-order valence-corrected chi connectivity index (χ3v) is 4.88. The van der Waals surface area contributed by atoms with Crippen molar-refractivity contribution in [3.8, 4) is 0 Å². The van der Waals surface area contributed by atoms with Crippen LogP contribution in [-0.4, -0.2) is 48.4 Å². The average molecular weight is 287 g/mol. The van der Waals surface area contributed by atoms with Gasteiger partial charge >= 0.3 is 5.97 Å². The second kappa shape index (κ2) is 6.95. The Bertz CT molecular complexity index is 305. The molecule has 0 spiro atoms. The lowest BCUT2D eigenvalue weighted by Gasteiger charge is -2.29. The molecule has 0 aromatic heterocycles. The molecule has 0 radical (unpaired) electrons. The number of carbonyl (C=O) groups is 1. The van der Waals surface area contributed by atoms with E-state index in [-0.39, 0.29) is 5.97 Å². The van der Waals surface area contributed by atoms with E-state index >= 15 is 0 Å². The molecule has 1 atom stereocenters. The second-order valence-electron chi connectivity index (χ2n) is 5.60. The summed E-state index contributed by atoms with van der Waals surface area (Å²) in [5.41, 5.74) is -0.506. The number of esters is 1. The Kier molecular flexibility index (Phi) is 5.54. The molecule has 2 aliphatic rings. The number of thioether (sulfide) groups is 1. The van der Waals surface area contributed by atoms with Gasteiger partial charge in [-0.25, -0.2) is 0 Å². The van der Waals surface area contributed by atoms with Gasteiger partial charge in [-0.15, -0.1) is 0 Å². The van der Waals surface area contributed by atoms with Gasteiger partial charge in [0.15, 0.2) is 0 Å². The molecular formula is C14H25NO3S. The zero-order valence-corrected chi connectivity index (χ0v) is 12.8. The lowest BCUT2D eigenvalue weighted by molar-refractivity contribution is -0.151. The maximum absolute atomic E-state index is 12.1. The van der Waals surface area contributed by atoms with Crippen molar-refractivity contribution in [2.45, 2.75) is 56.4 Å². The van der Waals surface area contributed by atoms with Crippen molar-refractivity contribution in [1.82, 2.24) is 5.32 Å². The van der Waals surface area contributed by atoms with Crippen LogP contribution in [0.4, 0.5) is 0 Å². The third-order valence-electron chi connectivity index (χ3n) is 3.61. The summed E-state index contributed by atoms with van der Waals surface area (Å²) in [5, 5.41) is 4.13. The highest BCUT2D eigenvalue weighted by atomic mass is 32.2. The van der Waals surface area contributed by atoms with E-state index in [1.807, 2.05) is 25.6 Å². The van der Waals surface area contributed by atoms with Crippen LogP contribution in [0.15, 0.2) is 0 Å². The Labute approximate surface area is 120 Å². The van der Waals surface area contributed by atoms with Crippen molar-refractivity contribution in [3.63, 3.8) is 0 Å². The first-order valence-corrected chi connectivity index (χ1v) is 8.33. The minimum absolute atomic E-state index is 0.0983. The quantitative estimate of drug-likeness (QED) is 0.519. The minimum Gasteiger partial charge on any atom is -0.465 e. The van der Waals surface area contributed by atoms with Crippen molar-refractivity contribution in [1.29, 1.82) is 0 Å². The lowest BCUT2D eigenvalue weighted by atomic mass is 9.96. The number of hydrogen-bond acceptors (Lipinski definition) is 5. The molecule has 1 unspecified atom stereocenters. The molecule has 1 heterocycles. The van der Waals surface area contributed by atoms with Crippen molar-refractivity contribution >= 4 is 17.7 Å². The van der Waals surface area contributed by atoms with Gasteiger partial charge in [0.2, 0.25) is 0 Å². The Morgan fingerprint density at radius 1 is 1.47 bits per heavy atom. The van der Waals surface area contributed by atoms with Crippen molar-refractivity contribution in [3.05, 3.63) is 0 Å². The predicted molar refractivity (Wildman–Crippen MR) is 77.5 cm³/mol. The smallest absolute Gasteiger partial charge is 0.326 e. The van der Waals surface area contributed by atoms with Crippen molar-refractivity contribution in [2.24, 2.45) is 0 Å². The van der Waals surface area contributed by atoms with E-state index in [1.165, 1.54) is 12.8 Å². The summed E-state index contributed by atoms with van der Waals surface area (Å²) in [5.74, 6) is 0.994. The van der Waals surface area contributed by atoms with Crippen LogP contribution >= 0.6 is 11.8 Å². The van der Waals surface area contributed by atoms with Gasteiger partial charge < -0.3 is 9.47 Å². The molecule has 2 rings (SSSR count). The van der Waals surface area contributed by atoms with Gasteiger partial charge in [-0.05, 0) is 45.3 Å². The third kappa shape index (κ3) is 4.65. The van der Waals surface area contributed by atoms with Crippen molar-refractivity contribution in [2.75, 3.05) is 25.6 Å². The fourth-order valence-electron chi connectivity index (χ4n) is 2.19. The molecule has 5 heteroatoms. The maximum Gasteiger partial charge on any atom is 0.326 e. The van der Waals surface area contributed by atoms with Gasteiger partial charge in [0, 0.05) is 6.04 Å². The van der Waals surface area contributed by atoms with Gasteiger partial charge in [0.25, 0.3) is 0 Å². The average Bonchev–Trinajstić information content (AvgIpc) is 3.10. The molecule has 19 heavy (non-hydrogen) atoms. The van der Waals surface area contributed by atoms with E-state index in [2.05, 4.69) is 5.32 Å². The van der Waals surface area contributed by atoms with Crippen molar-refractivity contribution < 1.29 is 14.3 Å². The largest absolute Gasteiger partial charge is 0.465 e. The summed E-state index contributed by atoms with van der Waals surface area (Å²) in [4.78, 5) is 12.1. The lowest BCUT2D eigenvalue weighted by Crippen LogP contribution is -2.51. The molecule has 0 aromatic carbocycles. The summed E-state index contributed by atoms with van der Waals surface area (Å²) in [6, 6.07) is 0.516. The highest BCUT2D eigenvalue weighted by Crippen LogP contribution is 2.27. The van der Waals surface area contributed by atoms with E-state index in [0.29, 0.717) is 17.9 Å². The Morgan fingerprint density at radius 2 is 2.21 bits per heavy atom. The first kappa shape index (κ1) is 15.1. The number of nitrogens with one attached hydrogen (secondary N) is 1. The molecule has 110 valence electrons. The van der Waals surface area contributed by atoms with Gasteiger partial charge in [-0.1, -0.05) is 0 Å². The van der Waals surface area contributed by atoms with Crippen LogP contribution in [0.2, 0.25) is 0 Å². The molecular weight excluding hydrogens is 262 g/mol. The molecule has 2 fully saturated rings. The van der Waals surface area contributed by atoms with E-state index < -0.39 is 5.54 Å².